The first-order chi connectivity index (χ1) is 7.55. The molecular weight excluding hydrogens is 228 g/mol. The molecule has 2 aliphatic rings. The SMILES string of the molecule is CN1CCCC(COC2=CS(=O)(=O)N=C2)C1. The van der Waals surface area contributed by atoms with Crippen LogP contribution in [0.15, 0.2) is 15.6 Å². The Morgan fingerprint density at radius 2 is 2.44 bits per heavy atom. The molecule has 0 bridgehead atoms. The standard InChI is InChI=1S/C10H16N2O3S/c1-12-4-2-3-9(6-12)7-15-10-5-11-16(13,14)8-10/h5,8-9H,2-4,6-7H2,1H3. The molecule has 0 aliphatic carbocycles. The Balaban J connectivity index is 1.82. The number of piperidine rings is 1. The van der Waals surface area contributed by atoms with E-state index in [1.165, 1.54) is 12.6 Å². The third-order valence-corrected chi connectivity index (χ3v) is 3.73. The molecule has 1 unspecified atom stereocenters. The number of ether oxygens (including phenoxy) is 1. The van der Waals surface area contributed by atoms with Crippen LogP contribution in [-0.4, -0.2) is 46.3 Å². The van der Waals surface area contributed by atoms with Gasteiger partial charge in [-0.3, -0.25) is 0 Å². The summed E-state index contributed by atoms with van der Waals surface area (Å²) in [7, 11) is -1.30. The topological polar surface area (TPSA) is 59.0 Å². The molecule has 5 nitrogen and oxygen atoms in total. The summed E-state index contributed by atoms with van der Waals surface area (Å²) in [5.41, 5.74) is 0. The first-order valence-corrected chi connectivity index (χ1v) is 6.89. The number of hydrogen-bond donors (Lipinski definition) is 0. The predicted molar refractivity (Wildman–Crippen MR) is 61.7 cm³/mol. The largest absolute Gasteiger partial charge is 0.491 e. The fraction of sp³-hybridized carbons (Fsp3) is 0.700. The van der Waals surface area contributed by atoms with Gasteiger partial charge >= 0.3 is 0 Å². The van der Waals surface area contributed by atoms with Crippen molar-refractivity contribution in [3.8, 4) is 0 Å². The van der Waals surface area contributed by atoms with E-state index in [0.29, 0.717) is 18.3 Å². The van der Waals surface area contributed by atoms with Crippen LogP contribution in [0.25, 0.3) is 0 Å². The van der Waals surface area contributed by atoms with Gasteiger partial charge in [-0.1, -0.05) is 0 Å². The van der Waals surface area contributed by atoms with Crippen LogP contribution in [0.1, 0.15) is 12.8 Å². The van der Waals surface area contributed by atoms with Crippen LogP contribution < -0.4 is 0 Å². The van der Waals surface area contributed by atoms with Crippen LogP contribution in [0.2, 0.25) is 0 Å². The Kier molecular flexibility index (Phi) is 3.30. The lowest BCUT2D eigenvalue weighted by Crippen LogP contribution is -2.34. The molecule has 2 rings (SSSR count). The predicted octanol–water partition coefficient (Wildman–Crippen LogP) is 0.600. The van der Waals surface area contributed by atoms with Crippen LogP contribution in [0, 0.1) is 5.92 Å². The molecule has 0 aromatic heterocycles. The zero-order chi connectivity index (χ0) is 11.6. The fourth-order valence-corrected chi connectivity index (χ4v) is 2.76. The molecule has 0 saturated carbocycles. The maximum Gasteiger partial charge on any atom is 0.279 e. The summed E-state index contributed by atoms with van der Waals surface area (Å²) >= 11 is 0. The van der Waals surface area contributed by atoms with Gasteiger partial charge in [-0.05, 0) is 26.4 Å². The van der Waals surface area contributed by atoms with E-state index in [2.05, 4.69) is 16.3 Å². The summed E-state index contributed by atoms with van der Waals surface area (Å²) in [6, 6.07) is 0. The van der Waals surface area contributed by atoms with Gasteiger partial charge in [0.1, 0.15) is 0 Å². The van der Waals surface area contributed by atoms with Crippen LogP contribution >= 0.6 is 0 Å². The molecule has 2 aliphatic heterocycles. The molecule has 16 heavy (non-hydrogen) atoms. The van der Waals surface area contributed by atoms with Crippen molar-refractivity contribution in [1.82, 2.24) is 4.90 Å². The van der Waals surface area contributed by atoms with E-state index in [4.69, 9.17) is 4.74 Å². The summed E-state index contributed by atoms with van der Waals surface area (Å²) in [6.45, 7) is 2.71. The molecule has 0 spiro atoms. The van der Waals surface area contributed by atoms with Crippen molar-refractivity contribution in [3.63, 3.8) is 0 Å². The Morgan fingerprint density at radius 3 is 3.06 bits per heavy atom. The number of allylic oxidation sites excluding steroid dienone is 1. The molecule has 1 atom stereocenters. The van der Waals surface area contributed by atoms with Gasteiger partial charge in [0.25, 0.3) is 10.0 Å². The Hall–Kier alpha value is -0.880. The van der Waals surface area contributed by atoms with E-state index in [0.717, 1.165) is 24.9 Å². The maximum absolute atomic E-state index is 11.0. The first kappa shape index (κ1) is 11.6. The van der Waals surface area contributed by atoms with Crippen molar-refractivity contribution in [2.45, 2.75) is 12.8 Å². The average molecular weight is 244 g/mol. The minimum Gasteiger partial charge on any atom is -0.491 e. The monoisotopic (exact) mass is 244 g/mol. The third-order valence-electron chi connectivity index (χ3n) is 2.80. The second-order valence-corrected chi connectivity index (χ2v) is 5.83. The number of nitrogens with zero attached hydrogens (tertiary/aromatic N) is 2. The summed E-state index contributed by atoms with van der Waals surface area (Å²) in [6.07, 6.45) is 3.58. The van der Waals surface area contributed by atoms with Crippen molar-refractivity contribution in [3.05, 3.63) is 11.2 Å². The minimum absolute atomic E-state index is 0.355. The minimum atomic E-state index is -3.39. The zero-order valence-corrected chi connectivity index (χ0v) is 10.1. The fourth-order valence-electron chi connectivity index (χ4n) is 2.03. The maximum atomic E-state index is 11.0. The molecule has 6 heteroatoms. The molecule has 0 N–H and O–H groups in total. The quantitative estimate of drug-likeness (QED) is 0.729. The summed E-state index contributed by atoms with van der Waals surface area (Å²) < 4.78 is 30.7. The number of likely N-dealkylation sites (tertiary alicyclic amines) is 1. The average Bonchev–Trinajstić information content (AvgIpc) is 2.56. The molecule has 1 fully saturated rings. The van der Waals surface area contributed by atoms with Gasteiger partial charge < -0.3 is 9.64 Å². The van der Waals surface area contributed by atoms with Crippen molar-refractivity contribution >= 4 is 16.2 Å². The lowest BCUT2D eigenvalue weighted by Gasteiger charge is -2.29. The van der Waals surface area contributed by atoms with E-state index in [1.54, 1.807) is 0 Å². The normalized spacial score (nSPS) is 29.1. The number of sulfonamides is 1. The Morgan fingerprint density at radius 1 is 1.62 bits per heavy atom. The highest BCUT2D eigenvalue weighted by Gasteiger charge is 2.19. The van der Waals surface area contributed by atoms with Crippen LogP contribution in [0.3, 0.4) is 0 Å². The van der Waals surface area contributed by atoms with Gasteiger partial charge in [0.15, 0.2) is 5.76 Å². The van der Waals surface area contributed by atoms with Gasteiger partial charge in [0.05, 0.1) is 18.2 Å². The molecule has 1 saturated heterocycles. The van der Waals surface area contributed by atoms with Gasteiger partial charge in [-0.15, -0.1) is 0 Å². The van der Waals surface area contributed by atoms with Gasteiger partial charge in [-0.25, -0.2) is 0 Å². The van der Waals surface area contributed by atoms with Gasteiger partial charge in [0, 0.05) is 12.5 Å². The van der Waals surface area contributed by atoms with Crippen LogP contribution in [-0.2, 0) is 14.8 Å². The number of hydrogen-bond acceptors (Lipinski definition) is 4. The summed E-state index contributed by atoms with van der Waals surface area (Å²) in [4.78, 5) is 2.27. The highest BCUT2D eigenvalue weighted by molar-refractivity contribution is 7.93. The smallest absolute Gasteiger partial charge is 0.279 e. The van der Waals surface area contributed by atoms with Crippen molar-refractivity contribution in [2.75, 3.05) is 26.7 Å². The van der Waals surface area contributed by atoms with Crippen molar-refractivity contribution in [1.29, 1.82) is 0 Å². The Labute approximate surface area is 95.9 Å². The molecule has 2 heterocycles. The molecule has 0 amide bonds. The highest BCUT2D eigenvalue weighted by Crippen LogP contribution is 2.17. The second-order valence-electron chi connectivity index (χ2n) is 4.35. The highest BCUT2D eigenvalue weighted by atomic mass is 32.2. The van der Waals surface area contributed by atoms with Gasteiger partial charge in [0.2, 0.25) is 0 Å². The molecule has 0 aromatic carbocycles. The van der Waals surface area contributed by atoms with Crippen LogP contribution in [0.5, 0.6) is 0 Å². The van der Waals surface area contributed by atoms with Crippen molar-refractivity contribution in [2.24, 2.45) is 10.3 Å². The number of rotatable bonds is 3. The van der Waals surface area contributed by atoms with Crippen molar-refractivity contribution < 1.29 is 13.2 Å². The van der Waals surface area contributed by atoms with E-state index >= 15 is 0 Å². The molecule has 0 aromatic rings. The lowest BCUT2D eigenvalue weighted by molar-refractivity contribution is 0.119. The van der Waals surface area contributed by atoms with Gasteiger partial charge in [-0.2, -0.15) is 12.8 Å². The molecular formula is C10H16N2O3S. The van der Waals surface area contributed by atoms with E-state index in [-0.39, 0.29) is 0 Å². The first-order valence-electron chi connectivity index (χ1n) is 5.38. The second kappa shape index (κ2) is 4.55. The summed E-state index contributed by atoms with van der Waals surface area (Å²) in [5.74, 6) is 0.838. The zero-order valence-electron chi connectivity index (χ0n) is 9.30. The Bertz CT molecular complexity index is 414. The van der Waals surface area contributed by atoms with E-state index in [9.17, 15) is 8.42 Å². The van der Waals surface area contributed by atoms with E-state index in [1.807, 2.05) is 0 Å². The van der Waals surface area contributed by atoms with E-state index < -0.39 is 10.0 Å². The van der Waals surface area contributed by atoms with Crippen LogP contribution in [0.4, 0.5) is 0 Å². The molecule has 0 radical (unpaired) electrons. The third kappa shape index (κ3) is 3.05. The summed E-state index contributed by atoms with van der Waals surface area (Å²) in [5, 5.41) is 1.07. The molecule has 90 valence electrons. The lowest BCUT2D eigenvalue weighted by atomic mass is 10.00.